The second-order valence-corrected chi connectivity index (χ2v) is 18.5. The molecule has 7 aromatic carbocycles. The van der Waals surface area contributed by atoms with Gasteiger partial charge in [-0.05, 0) is 40.8 Å². The van der Waals surface area contributed by atoms with Gasteiger partial charge in [-0.1, -0.05) is 158 Å². The largest absolute Gasteiger partial charge is 0.374 e. The average Bonchev–Trinajstić information content (AvgIpc) is 4.22. The lowest BCUT2D eigenvalue weighted by atomic mass is 9.95. The number of aromatic amines is 1. The van der Waals surface area contributed by atoms with E-state index in [2.05, 4.69) is 32.7 Å². The molecule has 0 unspecified atom stereocenters. The molecule has 10 aromatic rings. The summed E-state index contributed by atoms with van der Waals surface area (Å²) >= 11 is 0. The van der Waals surface area contributed by atoms with E-state index < -0.39 is 30.6 Å². The van der Waals surface area contributed by atoms with Crippen molar-refractivity contribution in [2.24, 2.45) is 0 Å². The average molecular weight is 956 g/mol. The smallest absolute Gasteiger partial charge is 0.262 e. The summed E-state index contributed by atoms with van der Waals surface area (Å²) < 4.78 is 39.9. The molecule has 0 bridgehead atoms. The number of amides is 2. The van der Waals surface area contributed by atoms with Crippen molar-refractivity contribution in [2.75, 3.05) is 13.2 Å². The number of rotatable bonds is 18. The molecule has 0 aliphatic carbocycles. The minimum atomic E-state index is -0.884. The van der Waals surface area contributed by atoms with Crippen LogP contribution in [-0.2, 0) is 56.7 Å². The maximum absolute atomic E-state index is 15.2. The number of aryl methyl sites for hydroxylation is 1. The summed E-state index contributed by atoms with van der Waals surface area (Å²) in [6.07, 6.45) is 2.15. The molecular weight excluding hydrogens is 903 g/mol. The minimum absolute atomic E-state index is 0.163. The Bertz CT molecular complexity index is 3490. The molecule has 1 N–H and O–H groups in total. The lowest BCUT2D eigenvalue weighted by molar-refractivity contribution is -0.288. The van der Waals surface area contributed by atoms with Crippen LogP contribution in [0.3, 0.4) is 0 Å². The van der Waals surface area contributed by atoms with Gasteiger partial charge in [0.2, 0.25) is 0 Å². The van der Waals surface area contributed by atoms with E-state index in [1.165, 1.54) is 4.90 Å². The Morgan fingerprint density at radius 2 is 1.10 bits per heavy atom. The maximum atomic E-state index is 15.2. The van der Waals surface area contributed by atoms with Gasteiger partial charge in [0.1, 0.15) is 24.4 Å². The predicted octanol–water partition coefficient (Wildman–Crippen LogP) is 11.2. The van der Waals surface area contributed by atoms with Crippen LogP contribution in [-0.4, -0.2) is 73.4 Å². The highest BCUT2D eigenvalue weighted by molar-refractivity contribution is 6.39. The van der Waals surface area contributed by atoms with E-state index in [0.717, 1.165) is 49.6 Å². The fourth-order valence-electron chi connectivity index (χ4n) is 10.7. The van der Waals surface area contributed by atoms with Crippen LogP contribution >= 0.6 is 0 Å². The first-order valence-electron chi connectivity index (χ1n) is 24.6. The van der Waals surface area contributed by atoms with Gasteiger partial charge in [-0.15, -0.1) is 0 Å². The minimum Gasteiger partial charge on any atom is -0.374 e. The van der Waals surface area contributed by atoms with Crippen molar-refractivity contribution >= 4 is 55.4 Å². The van der Waals surface area contributed by atoms with Crippen LogP contribution in [0.5, 0.6) is 0 Å². The highest BCUT2D eigenvalue weighted by Crippen LogP contribution is 2.48. The van der Waals surface area contributed by atoms with Crippen LogP contribution in [0, 0.1) is 0 Å². The Hall–Kier alpha value is -7.71. The normalized spacial score (nSPS) is 19.1. The number of aromatic nitrogens is 4. The molecule has 12 nitrogen and oxygen atoms in total. The van der Waals surface area contributed by atoms with Gasteiger partial charge >= 0.3 is 0 Å². The van der Waals surface area contributed by atoms with Gasteiger partial charge in [0.15, 0.2) is 6.23 Å². The second kappa shape index (κ2) is 20.2. The fraction of sp³-hybridized carbons (Fsp3) is 0.217. The lowest BCUT2D eigenvalue weighted by Gasteiger charge is -2.47. The number of hydrogen-bond donors (Lipinski definition) is 1. The van der Waals surface area contributed by atoms with Gasteiger partial charge in [0.25, 0.3) is 11.8 Å². The Kier molecular flexibility index (Phi) is 12.7. The van der Waals surface area contributed by atoms with E-state index >= 15 is 4.79 Å². The Labute approximate surface area is 416 Å². The van der Waals surface area contributed by atoms with Crippen LogP contribution < -0.4 is 0 Å². The molecule has 0 saturated carbocycles. The number of nitrogens with zero attached hydrogens (tertiary/aromatic N) is 4. The first-order valence-corrected chi connectivity index (χ1v) is 24.6. The number of carbonyl (C=O) groups is 2. The van der Waals surface area contributed by atoms with Crippen molar-refractivity contribution < 1.29 is 33.3 Å². The van der Waals surface area contributed by atoms with Gasteiger partial charge < -0.3 is 37.8 Å². The number of carbonyl (C=O) groups excluding carboxylic acids is 2. The van der Waals surface area contributed by atoms with Crippen molar-refractivity contribution in [1.82, 2.24) is 24.0 Å². The van der Waals surface area contributed by atoms with Crippen LogP contribution in [0.4, 0.5) is 0 Å². The molecule has 5 atom stereocenters. The molecular formula is C60H53N5O7. The van der Waals surface area contributed by atoms with Crippen LogP contribution in [0.1, 0.15) is 55.6 Å². The van der Waals surface area contributed by atoms with Crippen molar-refractivity contribution in [3.8, 4) is 0 Å². The molecule has 2 aliphatic rings. The van der Waals surface area contributed by atoms with E-state index in [1.54, 1.807) is 12.5 Å². The quantitative estimate of drug-likeness (QED) is 0.0844. The van der Waals surface area contributed by atoms with Gasteiger partial charge in [0, 0.05) is 52.5 Å². The molecule has 5 heterocycles. The maximum Gasteiger partial charge on any atom is 0.262 e. The van der Waals surface area contributed by atoms with E-state index in [4.69, 9.17) is 23.7 Å². The number of H-pyrrole nitrogens is 1. The van der Waals surface area contributed by atoms with E-state index in [-0.39, 0.29) is 44.8 Å². The van der Waals surface area contributed by atoms with Crippen molar-refractivity contribution in [1.29, 1.82) is 0 Å². The van der Waals surface area contributed by atoms with Crippen LogP contribution in [0.15, 0.2) is 189 Å². The summed E-state index contributed by atoms with van der Waals surface area (Å²) in [5.74, 6) is -0.636. The number of para-hydroxylation sites is 2. The topological polar surface area (TPSA) is 122 Å². The first-order chi connectivity index (χ1) is 35.6. The number of hydrogen-bond acceptors (Lipinski definition) is 8. The van der Waals surface area contributed by atoms with Gasteiger partial charge in [-0.2, -0.15) is 0 Å². The summed E-state index contributed by atoms with van der Waals surface area (Å²) in [6, 6.07) is 56.4. The summed E-state index contributed by atoms with van der Waals surface area (Å²) in [7, 11) is 0. The number of ether oxygens (including phenoxy) is 5. The third-order valence-corrected chi connectivity index (χ3v) is 14.0. The van der Waals surface area contributed by atoms with E-state index in [9.17, 15) is 4.79 Å². The zero-order valence-corrected chi connectivity index (χ0v) is 39.6. The van der Waals surface area contributed by atoms with Crippen molar-refractivity contribution in [3.63, 3.8) is 0 Å². The Balaban J connectivity index is 1.06. The molecule has 3 aromatic heterocycles. The zero-order chi connectivity index (χ0) is 48.4. The summed E-state index contributed by atoms with van der Waals surface area (Å²) in [5.41, 5.74) is 7.85. The van der Waals surface area contributed by atoms with Crippen molar-refractivity contribution in [3.05, 3.63) is 222 Å². The number of nitrogens with one attached hydrogen (secondary N) is 1. The summed E-state index contributed by atoms with van der Waals surface area (Å²) in [6.45, 7) is 2.17. The molecule has 0 radical (unpaired) electrons. The number of benzene rings is 7. The second-order valence-electron chi connectivity index (χ2n) is 18.5. The van der Waals surface area contributed by atoms with Gasteiger partial charge in [-0.25, -0.2) is 4.98 Å². The molecule has 2 aliphatic heterocycles. The highest BCUT2D eigenvalue weighted by Gasteiger charge is 2.51. The standard InChI is InChI=1S/C60H53N5O7/c66-58-51-49-44-26-13-15-28-46(44)62-53(49)54-50(52(51)59(67)64(58)32-17-31-63-33-30-61-39-63)45-27-14-16-29-47(45)65(54)60-57(71-37-43-24-11-4-12-25-43)56(70-36-42-22-9-3-10-23-42)55(69-35-41-20-7-2-8-21-41)48(72-60)38-68-34-40-18-5-1-6-19-40/h1-16,18-30,33,39,48,55-57,60,62H,17,31-32,34-38H2/t48-,55-,56+,57-,60-/m1/s1. The lowest BCUT2D eigenvalue weighted by Crippen LogP contribution is -2.59. The number of fused-ring (bicyclic) bond motifs is 10. The molecule has 72 heavy (non-hydrogen) atoms. The van der Waals surface area contributed by atoms with Crippen LogP contribution in [0.25, 0.3) is 43.6 Å². The molecule has 360 valence electrons. The van der Waals surface area contributed by atoms with E-state index in [1.807, 2.05) is 162 Å². The third kappa shape index (κ3) is 8.67. The Morgan fingerprint density at radius 1 is 0.556 bits per heavy atom. The highest BCUT2D eigenvalue weighted by atomic mass is 16.6. The third-order valence-electron chi connectivity index (χ3n) is 14.0. The summed E-state index contributed by atoms with van der Waals surface area (Å²) in [5, 5.41) is 3.00. The molecule has 0 spiro atoms. The molecule has 12 rings (SSSR count). The Morgan fingerprint density at radius 3 is 1.72 bits per heavy atom. The zero-order valence-electron chi connectivity index (χ0n) is 39.6. The summed E-state index contributed by atoms with van der Waals surface area (Å²) in [4.78, 5) is 39.5. The number of imide groups is 1. The van der Waals surface area contributed by atoms with E-state index in [0.29, 0.717) is 47.0 Å². The fourth-order valence-corrected chi connectivity index (χ4v) is 10.7. The van der Waals surface area contributed by atoms with Crippen molar-refractivity contribution in [2.45, 2.75) is 70.0 Å². The number of imidazole rings is 1. The monoisotopic (exact) mass is 955 g/mol. The van der Waals surface area contributed by atoms with Crippen LogP contribution in [0.2, 0.25) is 0 Å². The van der Waals surface area contributed by atoms with Gasteiger partial charge in [0.05, 0.1) is 67.0 Å². The molecule has 1 fully saturated rings. The van der Waals surface area contributed by atoms with Gasteiger partial charge in [-0.3, -0.25) is 14.5 Å². The first kappa shape index (κ1) is 45.4. The predicted molar refractivity (Wildman–Crippen MR) is 276 cm³/mol. The molecule has 12 heteroatoms. The molecule has 1 saturated heterocycles. The molecule has 2 amide bonds. The SMILES string of the molecule is O=C1c2c(c3c4ccccc4n([C@@H]4O[C@H](COCc5ccccc5)[C@@H](OCc5ccccc5)[C@H](OCc5ccccc5)[C@H]4OCc4ccccc4)c3c3[nH]c4ccccc4c23)C(=O)N1CCCn1ccnc1.